The van der Waals surface area contributed by atoms with Crippen LogP contribution in [0.2, 0.25) is 5.02 Å². The highest BCUT2D eigenvalue weighted by Gasteiger charge is 2.18. The van der Waals surface area contributed by atoms with Crippen LogP contribution in [0.3, 0.4) is 0 Å². The van der Waals surface area contributed by atoms with Gasteiger partial charge in [0.05, 0.1) is 16.6 Å². The van der Waals surface area contributed by atoms with Gasteiger partial charge in [0.15, 0.2) is 6.10 Å². The number of nitrogens with zero attached hydrogens (tertiary/aromatic N) is 2. The van der Waals surface area contributed by atoms with Gasteiger partial charge in [-0.3, -0.25) is 9.17 Å². The van der Waals surface area contributed by atoms with Crippen LogP contribution in [0.5, 0.6) is 0 Å². The van der Waals surface area contributed by atoms with Crippen LogP contribution < -0.4 is 0 Å². The van der Waals surface area contributed by atoms with Gasteiger partial charge in [-0.05, 0) is 36.8 Å². The average molecular weight is 419 g/mol. The van der Waals surface area contributed by atoms with E-state index >= 15 is 0 Å². The molecule has 0 radical (unpaired) electrons. The minimum absolute atomic E-state index is 0.0390. The van der Waals surface area contributed by atoms with Crippen LogP contribution >= 0.6 is 11.6 Å². The summed E-state index contributed by atoms with van der Waals surface area (Å²) in [4.78, 5) is 9.81. The first-order chi connectivity index (χ1) is 13.5. The molecule has 3 aromatic rings. The highest BCUT2D eigenvalue weighted by molar-refractivity contribution is 7.86. The maximum absolute atomic E-state index is 12.2. The van der Waals surface area contributed by atoms with E-state index in [1.807, 2.05) is 37.3 Å². The first kappa shape index (κ1) is 20.3. The lowest BCUT2D eigenvalue weighted by atomic mass is 10.1. The van der Waals surface area contributed by atoms with Crippen LogP contribution in [0.15, 0.2) is 70.8 Å². The van der Waals surface area contributed by atoms with Gasteiger partial charge in [-0.2, -0.15) is 8.42 Å². The normalized spacial score (nSPS) is 13.1. The van der Waals surface area contributed by atoms with E-state index in [0.29, 0.717) is 11.4 Å². The number of fused-ring (bicyclic) bond motifs is 1. The minimum Gasteiger partial charge on any atom is -0.390 e. The molecule has 0 amide bonds. The van der Waals surface area contributed by atoms with Gasteiger partial charge in [-0.15, -0.1) is 0 Å². The van der Waals surface area contributed by atoms with Gasteiger partial charge >= 0.3 is 0 Å². The summed E-state index contributed by atoms with van der Waals surface area (Å²) in [5.74, 6) is 0. The minimum atomic E-state index is -3.89. The Hall–Kier alpha value is -2.48. The molecule has 1 unspecified atom stereocenters. The van der Waals surface area contributed by atoms with Crippen molar-refractivity contribution in [3.8, 4) is 0 Å². The lowest BCUT2D eigenvalue weighted by molar-refractivity contribution is 0.0246. The largest absolute Gasteiger partial charge is 0.390 e. The molecular weight excluding hydrogens is 400 g/mol. The average Bonchev–Trinajstić information content (AvgIpc) is 2.71. The Morgan fingerprint density at radius 1 is 1.14 bits per heavy atom. The summed E-state index contributed by atoms with van der Waals surface area (Å²) in [6.45, 7) is 1.71. The predicted octanol–water partition coefficient (Wildman–Crippen LogP) is 4.42. The van der Waals surface area contributed by atoms with Crippen molar-refractivity contribution in [1.29, 1.82) is 0 Å². The van der Waals surface area contributed by atoms with Crippen LogP contribution in [0.25, 0.3) is 10.9 Å². The molecule has 2 aromatic carbocycles. The third-order valence-corrected chi connectivity index (χ3v) is 5.58. The molecule has 8 heteroatoms. The monoisotopic (exact) mass is 418 g/mol. The first-order valence-corrected chi connectivity index (χ1v) is 10.5. The Bertz CT molecular complexity index is 1060. The molecule has 0 aliphatic heterocycles. The topological polar surface area (TPSA) is 77.9 Å². The zero-order valence-corrected chi connectivity index (χ0v) is 16.7. The second-order valence-electron chi connectivity index (χ2n) is 5.99. The summed E-state index contributed by atoms with van der Waals surface area (Å²) < 4.78 is 29.6. The molecule has 0 saturated heterocycles. The smallest absolute Gasteiger partial charge is 0.297 e. The van der Waals surface area contributed by atoms with Gasteiger partial charge in [-0.1, -0.05) is 47.9 Å². The Balaban J connectivity index is 1.63. The Morgan fingerprint density at radius 2 is 1.89 bits per heavy atom. The summed E-state index contributed by atoms with van der Waals surface area (Å²) >= 11 is 5.78. The molecule has 6 nitrogen and oxygen atoms in total. The second-order valence-corrected chi connectivity index (χ2v) is 8.04. The maximum atomic E-state index is 12.2. The molecule has 28 heavy (non-hydrogen) atoms. The van der Waals surface area contributed by atoms with E-state index in [2.05, 4.69) is 10.1 Å². The molecule has 1 atom stereocenters. The van der Waals surface area contributed by atoms with E-state index < -0.39 is 16.2 Å². The molecule has 1 aromatic heterocycles. The molecule has 146 valence electrons. The fourth-order valence-corrected chi connectivity index (χ4v) is 3.53. The van der Waals surface area contributed by atoms with Crippen molar-refractivity contribution in [3.05, 3.63) is 71.4 Å². The molecule has 0 aliphatic carbocycles. The van der Waals surface area contributed by atoms with Crippen molar-refractivity contribution in [3.63, 3.8) is 0 Å². The number of halogens is 1. The Labute approximate surface area is 168 Å². The highest BCUT2D eigenvalue weighted by atomic mass is 35.5. The molecule has 0 spiro atoms. The molecule has 3 rings (SSSR count). The quantitative estimate of drug-likeness (QED) is 0.307. The number of aromatic nitrogens is 1. The lowest BCUT2D eigenvalue weighted by Crippen LogP contribution is -2.20. The second kappa shape index (κ2) is 9.14. The van der Waals surface area contributed by atoms with Crippen molar-refractivity contribution in [2.45, 2.75) is 24.3 Å². The number of para-hydroxylation sites is 1. The molecular formula is C20H19ClN2O4S. The van der Waals surface area contributed by atoms with E-state index in [0.717, 1.165) is 16.5 Å². The van der Waals surface area contributed by atoms with Gasteiger partial charge in [-0.25, -0.2) is 0 Å². The fourth-order valence-electron chi connectivity index (χ4n) is 2.46. The van der Waals surface area contributed by atoms with E-state index in [1.54, 1.807) is 12.4 Å². The van der Waals surface area contributed by atoms with Gasteiger partial charge in [0.1, 0.15) is 6.61 Å². The Morgan fingerprint density at radius 3 is 2.64 bits per heavy atom. The molecule has 0 aliphatic rings. The number of rotatable bonds is 8. The van der Waals surface area contributed by atoms with E-state index in [4.69, 9.17) is 20.6 Å². The zero-order valence-electron chi connectivity index (χ0n) is 15.2. The van der Waals surface area contributed by atoms with Gasteiger partial charge < -0.3 is 4.84 Å². The third kappa shape index (κ3) is 5.07. The summed E-state index contributed by atoms with van der Waals surface area (Å²) in [6, 6.07) is 15.4. The third-order valence-electron chi connectivity index (χ3n) is 4.03. The summed E-state index contributed by atoms with van der Waals surface area (Å²) in [6.07, 6.45) is 3.29. The standard InChI is InChI=1S/C20H19ClN2O4S/c1-2-18(14-26-28(24,25)19-10-8-17(21)9-11-19)27-23-13-16-6-3-5-15-7-4-12-22-20(15)16/h3-13,18H,2,14H2,1H3/b23-13+. The molecule has 0 N–H and O–H groups in total. The molecule has 0 bridgehead atoms. The molecule has 0 saturated carbocycles. The highest BCUT2D eigenvalue weighted by Crippen LogP contribution is 2.17. The summed E-state index contributed by atoms with van der Waals surface area (Å²) in [5.41, 5.74) is 1.62. The lowest BCUT2D eigenvalue weighted by Gasteiger charge is -2.13. The predicted molar refractivity (Wildman–Crippen MR) is 109 cm³/mol. The SMILES string of the molecule is CCC(COS(=O)(=O)c1ccc(Cl)cc1)O/N=C/c1cccc2cccnc12. The number of oxime groups is 1. The molecule has 1 heterocycles. The van der Waals surface area contributed by atoms with Crippen LogP contribution in [0.4, 0.5) is 0 Å². The van der Waals surface area contributed by atoms with Gasteiger partial charge in [0.2, 0.25) is 0 Å². The van der Waals surface area contributed by atoms with E-state index in [9.17, 15) is 8.42 Å². The van der Waals surface area contributed by atoms with Crippen molar-refractivity contribution < 1.29 is 17.4 Å². The Kier molecular flexibility index (Phi) is 6.61. The van der Waals surface area contributed by atoms with Crippen molar-refractivity contribution in [2.24, 2.45) is 5.16 Å². The van der Waals surface area contributed by atoms with Crippen LogP contribution in [0, 0.1) is 0 Å². The van der Waals surface area contributed by atoms with E-state index in [-0.39, 0.29) is 11.5 Å². The summed E-state index contributed by atoms with van der Waals surface area (Å²) in [7, 11) is -3.89. The molecule has 0 fully saturated rings. The van der Waals surface area contributed by atoms with Crippen molar-refractivity contribution in [2.75, 3.05) is 6.61 Å². The van der Waals surface area contributed by atoms with Crippen molar-refractivity contribution >= 4 is 38.8 Å². The number of hydrogen-bond acceptors (Lipinski definition) is 6. The van der Waals surface area contributed by atoms with Crippen LogP contribution in [-0.4, -0.2) is 32.3 Å². The maximum Gasteiger partial charge on any atom is 0.297 e. The fraction of sp³-hybridized carbons (Fsp3) is 0.200. The van der Waals surface area contributed by atoms with Crippen molar-refractivity contribution in [1.82, 2.24) is 4.98 Å². The number of hydrogen-bond donors (Lipinski definition) is 0. The zero-order chi connectivity index (χ0) is 20.0. The number of pyridine rings is 1. The summed E-state index contributed by atoms with van der Waals surface area (Å²) in [5, 5.41) is 5.44. The van der Waals surface area contributed by atoms with E-state index in [1.165, 1.54) is 24.3 Å². The first-order valence-electron chi connectivity index (χ1n) is 8.67. The van der Waals surface area contributed by atoms with Gasteiger partial charge in [0.25, 0.3) is 10.1 Å². The van der Waals surface area contributed by atoms with Crippen LogP contribution in [-0.2, 0) is 19.1 Å². The number of benzene rings is 2. The van der Waals surface area contributed by atoms with Crippen LogP contribution in [0.1, 0.15) is 18.9 Å². The van der Waals surface area contributed by atoms with Gasteiger partial charge in [0, 0.05) is 22.2 Å².